The van der Waals surface area contributed by atoms with Crippen LogP contribution < -0.4 is 4.72 Å². The fourth-order valence-electron chi connectivity index (χ4n) is 2.44. The Bertz CT molecular complexity index is 577. The summed E-state index contributed by atoms with van der Waals surface area (Å²) in [6.07, 6.45) is 3.10. The summed E-state index contributed by atoms with van der Waals surface area (Å²) in [4.78, 5) is 0.225. The molecular weight excluding hydrogens is 410 g/mol. The third kappa shape index (κ3) is 4.27. The first kappa shape index (κ1) is 16.4. The highest BCUT2D eigenvalue weighted by Crippen LogP contribution is 2.27. The molecule has 1 fully saturated rings. The normalized spacial score (nSPS) is 23.8. The van der Waals surface area contributed by atoms with E-state index in [0.717, 1.165) is 19.3 Å². The van der Waals surface area contributed by atoms with Gasteiger partial charge in [-0.15, -0.1) is 0 Å². The van der Waals surface area contributed by atoms with E-state index in [-0.39, 0.29) is 16.9 Å². The van der Waals surface area contributed by atoms with Crippen molar-refractivity contribution in [2.24, 2.45) is 5.92 Å². The second-order valence-corrected chi connectivity index (χ2v) is 8.62. The van der Waals surface area contributed by atoms with E-state index >= 15 is 0 Å². The molecule has 1 saturated carbocycles. The van der Waals surface area contributed by atoms with E-state index in [9.17, 15) is 13.5 Å². The van der Waals surface area contributed by atoms with Gasteiger partial charge in [-0.3, -0.25) is 0 Å². The van der Waals surface area contributed by atoms with Crippen molar-refractivity contribution in [1.29, 1.82) is 0 Å². The molecule has 2 atom stereocenters. The summed E-state index contributed by atoms with van der Waals surface area (Å²) in [5.74, 6) is 0.208. The number of hydrogen-bond donors (Lipinski definition) is 2. The van der Waals surface area contributed by atoms with E-state index in [2.05, 4.69) is 36.6 Å². The van der Waals surface area contributed by atoms with E-state index in [1.165, 1.54) is 0 Å². The largest absolute Gasteiger partial charge is 0.393 e. The van der Waals surface area contributed by atoms with Crippen LogP contribution >= 0.6 is 31.9 Å². The average Bonchev–Trinajstić information content (AvgIpc) is 2.39. The molecule has 1 aliphatic carbocycles. The number of sulfonamides is 1. The van der Waals surface area contributed by atoms with Crippen LogP contribution in [0.15, 0.2) is 32.0 Å². The molecule has 1 aromatic carbocycles. The second-order valence-electron chi connectivity index (χ2n) is 5.11. The zero-order valence-electron chi connectivity index (χ0n) is 10.9. The van der Waals surface area contributed by atoms with Gasteiger partial charge in [0.05, 0.1) is 11.0 Å². The van der Waals surface area contributed by atoms with Gasteiger partial charge < -0.3 is 5.11 Å². The summed E-state index contributed by atoms with van der Waals surface area (Å²) < 4.78 is 28.5. The van der Waals surface area contributed by atoms with Crippen molar-refractivity contribution in [3.63, 3.8) is 0 Å². The topological polar surface area (TPSA) is 66.4 Å². The van der Waals surface area contributed by atoms with Crippen molar-refractivity contribution in [2.75, 3.05) is 6.54 Å². The van der Waals surface area contributed by atoms with Gasteiger partial charge in [0.1, 0.15) is 0 Å². The van der Waals surface area contributed by atoms with Crippen molar-refractivity contribution in [1.82, 2.24) is 4.72 Å². The van der Waals surface area contributed by atoms with E-state index < -0.39 is 10.0 Å². The summed E-state index contributed by atoms with van der Waals surface area (Å²) >= 11 is 6.54. The highest BCUT2D eigenvalue weighted by atomic mass is 79.9. The van der Waals surface area contributed by atoms with E-state index in [1.54, 1.807) is 18.2 Å². The Hall–Kier alpha value is 0.0500. The maximum atomic E-state index is 12.3. The third-order valence-corrected chi connectivity index (χ3v) is 6.41. The number of rotatable bonds is 4. The maximum absolute atomic E-state index is 12.3. The first-order chi connectivity index (χ1) is 9.38. The Morgan fingerprint density at radius 3 is 2.75 bits per heavy atom. The Balaban J connectivity index is 2.05. The zero-order chi connectivity index (χ0) is 14.8. The molecule has 0 aromatic heterocycles. The molecule has 7 heteroatoms. The number of aliphatic hydroxyl groups is 1. The van der Waals surface area contributed by atoms with Gasteiger partial charge in [0.15, 0.2) is 0 Å². The molecule has 112 valence electrons. The lowest BCUT2D eigenvalue weighted by Gasteiger charge is -2.25. The lowest BCUT2D eigenvalue weighted by molar-refractivity contribution is 0.102. The minimum Gasteiger partial charge on any atom is -0.393 e. The lowest BCUT2D eigenvalue weighted by Crippen LogP contribution is -2.33. The van der Waals surface area contributed by atoms with Gasteiger partial charge in [0, 0.05) is 15.5 Å². The predicted octanol–water partition coefficient (Wildman–Crippen LogP) is 3.04. The summed E-state index contributed by atoms with van der Waals surface area (Å²) in [5, 5.41) is 9.62. The number of benzene rings is 1. The number of halogens is 2. The molecule has 2 N–H and O–H groups in total. The van der Waals surface area contributed by atoms with Crippen molar-refractivity contribution >= 4 is 41.9 Å². The van der Waals surface area contributed by atoms with Crippen LogP contribution in [-0.4, -0.2) is 26.2 Å². The monoisotopic (exact) mass is 425 g/mol. The molecule has 1 aromatic rings. The van der Waals surface area contributed by atoms with Gasteiger partial charge in [0.2, 0.25) is 10.0 Å². The van der Waals surface area contributed by atoms with Crippen LogP contribution in [0.5, 0.6) is 0 Å². The van der Waals surface area contributed by atoms with Crippen LogP contribution in [-0.2, 0) is 10.0 Å². The van der Waals surface area contributed by atoms with Crippen LogP contribution in [0.1, 0.15) is 25.7 Å². The minimum absolute atomic E-state index is 0.208. The molecule has 0 radical (unpaired) electrons. The standard InChI is InChI=1S/C13H17Br2NO3S/c14-10-4-5-12(15)13(7-10)20(18,19)16-8-9-2-1-3-11(17)6-9/h4-5,7,9,11,16-17H,1-3,6,8H2. The second kappa shape index (κ2) is 6.87. The number of nitrogens with one attached hydrogen (secondary N) is 1. The first-order valence-electron chi connectivity index (χ1n) is 6.51. The summed E-state index contributed by atoms with van der Waals surface area (Å²) in [6, 6.07) is 5.05. The van der Waals surface area contributed by atoms with E-state index in [1.807, 2.05) is 0 Å². The van der Waals surface area contributed by atoms with E-state index in [0.29, 0.717) is 21.9 Å². The molecular formula is C13H17Br2NO3S. The quantitative estimate of drug-likeness (QED) is 0.777. The van der Waals surface area contributed by atoms with Crippen LogP contribution in [0.2, 0.25) is 0 Å². The fourth-order valence-corrected chi connectivity index (χ4v) is 5.05. The Labute approximate surface area is 136 Å². The lowest BCUT2D eigenvalue weighted by atomic mass is 9.87. The van der Waals surface area contributed by atoms with Crippen LogP contribution in [0.4, 0.5) is 0 Å². The zero-order valence-corrected chi connectivity index (χ0v) is 14.8. The number of aliphatic hydroxyl groups excluding tert-OH is 1. The molecule has 1 aliphatic rings. The Morgan fingerprint density at radius 1 is 1.30 bits per heavy atom. The van der Waals surface area contributed by atoms with Crippen LogP contribution in [0, 0.1) is 5.92 Å². The van der Waals surface area contributed by atoms with Crippen molar-refractivity contribution in [3.05, 3.63) is 27.1 Å². The highest BCUT2D eigenvalue weighted by molar-refractivity contribution is 9.11. The van der Waals surface area contributed by atoms with Gasteiger partial charge in [-0.05, 0) is 59.3 Å². The summed E-state index contributed by atoms with van der Waals surface area (Å²) in [7, 11) is -3.54. The van der Waals surface area contributed by atoms with Crippen molar-refractivity contribution < 1.29 is 13.5 Å². The van der Waals surface area contributed by atoms with E-state index in [4.69, 9.17) is 0 Å². The third-order valence-electron chi connectivity index (χ3n) is 3.50. The molecule has 0 bridgehead atoms. The molecule has 0 spiro atoms. The van der Waals surface area contributed by atoms with Crippen molar-refractivity contribution in [2.45, 2.75) is 36.7 Å². The number of hydrogen-bond acceptors (Lipinski definition) is 3. The Kier molecular flexibility index (Phi) is 5.64. The van der Waals surface area contributed by atoms with Crippen LogP contribution in [0.25, 0.3) is 0 Å². The van der Waals surface area contributed by atoms with Gasteiger partial charge in [0.25, 0.3) is 0 Å². The molecule has 20 heavy (non-hydrogen) atoms. The van der Waals surface area contributed by atoms with Gasteiger partial charge in [-0.25, -0.2) is 13.1 Å². The van der Waals surface area contributed by atoms with Gasteiger partial charge in [-0.1, -0.05) is 22.4 Å². The molecule has 0 heterocycles. The molecule has 4 nitrogen and oxygen atoms in total. The minimum atomic E-state index is -3.54. The molecule has 0 saturated heterocycles. The maximum Gasteiger partial charge on any atom is 0.241 e. The van der Waals surface area contributed by atoms with Gasteiger partial charge >= 0.3 is 0 Å². The molecule has 0 aliphatic heterocycles. The Morgan fingerprint density at radius 2 is 2.05 bits per heavy atom. The summed E-state index contributed by atoms with van der Waals surface area (Å²) in [6.45, 7) is 0.373. The first-order valence-corrected chi connectivity index (χ1v) is 9.58. The molecule has 0 amide bonds. The smallest absolute Gasteiger partial charge is 0.241 e. The highest BCUT2D eigenvalue weighted by Gasteiger charge is 2.23. The summed E-state index contributed by atoms with van der Waals surface area (Å²) in [5.41, 5.74) is 0. The van der Waals surface area contributed by atoms with Gasteiger partial charge in [-0.2, -0.15) is 0 Å². The van der Waals surface area contributed by atoms with Crippen molar-refractivity contribution in [3.8, 4) is 0 Å². The van der Waals surface area contributed by atoms with Crippen LogP contribution in [0.3, 0.4) is 0 Å². The molecule has 2 rings (SSSR count). The molecule has 2 unspecified atom stereocenters. The average molecular weight is 427 g/mol. The predicted molar refractivity (Wildman–Crippen MR) is 85.0 cm³/mol. The fraction of sp³-hybridized carbons (Fsp3) is 0.538. The SMILES string of the molecule is O=S(=O)(NCC1CCCC(O)C1)c1cc(Br)ccc1Br.